The maximum atomic E-state index is 12.7. The number of amides is 2. The first-order chi connectivity index (χ1) is 11.6. The van der Waals surface area contributed by atoms with E-state index in [-0.39, 0.29) is 37.0 Å². The number of hydrogen-bond acceptors (Lipinski definition) is 4. The molecule has 0 spiro atoms. The van der Waals surface area contributed by atoms with Gasteiger partial charge < -0.3 is 20.1 Å². The van der Waals surface area contributed by atoms with Gasteiger partial charge in [0.1, 0.15) is 6.61 Å². The SMILES string of the molecule is CN1C(=O)CO[C@H](C(=O)N[C@@H]2C=C[C@H](CO)C2)[C@H]1c1ccccc1. The fraction of sp³-hybridized carbons (Fsp3) is 0.444. The van der Waals surface area contributed by atoms with Gasteiger partial charge in [0.15, 0.2) is 6.10 Å². The highest BCUT2D eigenvalue weighted by Crippen LogP contribution is 2.29. The van der Waals surface area contributed by atoms with Crippen LogP contribution in [-0.4, -0.2) is 54.2 Å². The summed E-state index contributed by atoms with van der Waals surface area (Å²) in [6.45, 7) is -0.0234. The highest BCUT2D eigenvalue weighted by Gasteiger charge is 2.40. The van der Waals surface area contributed by atoms with Gasteiger partial charge in [-0.1, -0.05) is 42.5 Å². The fourth-order valence-corrected chi connectivity index (χ4v) is 3.26. The zero-order valence-electron chi connectivity index (χ0n) is 13.6. The Balaban J connectivity index is 1.75. The molecule has 6 nitrogen and oxygen atoms in total. The van der Waals surface area contributed by atoms with Crippen molar-refractivity contribution in [3.8, 4) is 0 Å². The molecule has 6 heteroatoms. The lowest BCUT2D eigenvalue weighted by molar-refractivity contribution is -0.162. The van der Waals surface area contributed by atoms with Gasteiger partial charge >= 0.3 is 0 Å². The molecule has 2 N–H and O–H groups in total. The average molecular weight is 330 g/mol. The van der Waals surface area contributed by atoms with E-state index in [2.05, 4.69) is 5.32 Å². The number of aliphatic hydroxyl groups excluding tert-OH is 1. The fourth-order valence-electron chi connectivity index (χ4n) is 3.26. The van der Waals surface area contributed by atoms with Gasteiger partial charge in [0, 0.05) is 25.6 Å². The number of rotatable bonds is 4. The summed E-state index contributed by atoms with van der Waals surface area (Å²) in [4.78, 5) is 26.3. The van der Waals surface area contributed by atoms with E-state index >= 15 is 0 Å². The minimum absolute atomic E-state index is 0.0761. The van der Waals surface area contributed by atoms with Gasteiger partial charge in [-0.05, 0) is 12.0 Å². The number of aliphatic hydroxyl groups is 1. The van der Waals surface area contributed by atoms with Crippen molar-refractivity contribution in [1.29, 1.82) is 0 Å². The molecule has 0 saturated carbocycles. The molecule has 0 unspecified atom stereocenters. The van der Waals surface area contributed by atoms with Crippen molar-refractivity contribution >= 4 is 11.8 Å². The first kappa shape index (κ1) is 16.7. The molecule has 1 fully saturated rings. The van der Waals surface area contributed by atoms with E-state index < -0.39 is 12.1 Å². The summed E-state index contributed by atoms with van der Waals surface area (Å²) in [7, 11) is 1.69. The molecule has 3 rings (SSSR count). The van der Waals surface area contributed by atoms with Crippen LogP contribution in [0.5, 0.6) is 0 Å². The minimum atomic E-state index is -0.753. The Morgan fingerprint density at radius 2 is 2.08 bits per heavy atom. The van der Waals surface area contributed by atoms with Crippen LogP contribution in [0.2, 0.25) is 0 Å². The van der Waals surface area contributed by atoms with Crippen LogP contribution in [0.3, 0.4) is 0 Å². The summed E-state index contributed by atoms with van der Waals surface area (Å²) >= 11 is 0. The quantitative estimate of drug-likeness (QED) is 0.794. The third-order valence-electron chi connectivity index (χ3n) is 4.62. The van der Waals surface area contributed by atoms with Gasteiger partial charge in [-0.25, -0.2) is 0 Å². The molecule has 1 aromatic carbocycles. The van der Waals surface area contributed by atoms with Crippen LogP contribution in [0.4, 0.5) is 0 Å². The van der Waals surface area contributed by atoms with E-state index in [0.717, 1.165) is 5.56 Å². The van der Waals surface area contributed by atoms with Crippen LogP contribution >= 0.6 is 0 Å². The van der Waals surface area contributed by atoms with E-state index in [0.29, 0.717) is 6.42 Å². The Kier molecular flexibility index (Phi) is 4.97. The van der Waals surface area contributed by atoms with Gasteiger partial charge in [-0.2, -0.15) is 0 Å². The molecule has 1 aliphatic carbocycles. The molecule has 128 valence electrons. The Morgan fingerprint density at radius 1 is 1.33 bits per heavy atom. The van der Waals surface area contributed by atoms with Crippen molar-refractivity contribution in [2.45, 2.75) is 24.6 Å². The minimum Gasteiger partial charge on any atom is -0.396 e. The van der Waals surface area contributed by atoms with Crippen LogP contribution in [0.1, 0.15) is 18.0 Å². The summed E-state index contributed by atoms with van der Waals surface area (Å²) < 4.78 is 5.58. The third kappa shape index (κ3) is 3.34. The highest BCUT2D eigenvalue weighted by molar-refractivity contribution is 5.86. The van der Waals surface area contributed by atoms with Crippen molar-refractivity contribution in [2.24, 2.45) is 5.92 Å². The van der Waals surface area contributed by atoms with Gasteiger partial charge in [0.2, 0.25) is 5.91 Å². The topological polar surface area (TPSA) is 78.9 Å². The lowest BCUT2D eigenvalue weighted by atomic mass is 9.97. The number of likely N-dealkylation sites (N-methyl/N-ethyl adjacent to an activating group) is 1. The van der Waals surface area contributed by atoms with E-state index in [4.69, 9.17) is 4.74 Å². The first-order valence-electron chi connectivity index (χ1n) is 8.12. The zero-order valence-corrected chi connectivity index (χ0v) is 13.6. The highest BCUT2D eigenvalue weighted by atomic mass is 16.5. The van der Waals surface area contributed by atoms with Crippen LogP contribution in [-0.2, 0) is 14.3 Å². The third-order valence-corrected chi connectivity index (χ3v) is 4.62. The number of carbonyl (C=O) groups is 2. The molecular formula is C18H22N2O4. The molecule has 2 aliphatic rings. The second kappa shape index (κ2) is 7.15. The number of nitrogens with one attached hydrogen (secondary N) is 1. The molecule has 0 bridgehead atoms. The molecule has 2 amide bonds. The summed E-state index contributed by atoms with van der Waals surface area (Å²) in [5.41, 5.74) is 0.864. The first-order valence-corrected chi connectivity index (χ1v) is 8.12. The number of nitrogens with zero attached hydrogens (tertiary/aromatic N) is 1. The second-order valence-electron chi connectivity index (χ2n) is 6.27. The monoisotopic (exact) mass is 330 g/mol. The summed E-state index contributed by atoms with van der Waals surface area (Å²) in [6.07, 6.45) is 3.74. The standard InChI is InChI=1S/C18H22N2O4/c1-20-15(22)11-24-17(16(20)13-5-3-2-4-6-13)18(23)19-14-8-7-12(9-14)10-21/h2-8,12,14,16-17,21H,9-11H2,1H3,(H,19,23)/t12-,14+,16+,17-/m0/s1. The summed E-state index contributed by atoms with van der Waals surface area (Å²) in [6, 6.07) is 8.86. The Hall–Kier alpha value is -2.18. The number of carbonyl (C=O) groups excluding carboxylic acids is 2. The van der Waals surface area contributed by atoms with Gasteiger partial charge in [-0.3, -0.25) is 9.59 Å². The van der Waals surface area contributed by atoms with Crippen LogP contribution in [0.25, 0.3) is 0 Å². The molecule has 0 aromatic heterocycles. The Morgan fingerprint density at radius 3 is 2.75 bits per heavy atom. The van der Waals surface area contributed by atoms with Crippen molar-refractivity contribution in [3.63, 3.8) is 0 Å². The van der Waals surface area contributed by atoms with Gasteiger partial charge in [0.25, 0.3) is 5.91 Å². The zero-order chi connectivity index (χ0) is 17.1. The predicted molar refractivity (Wildman–Crippen MR) is 88.0 cm³/mol. The Labute approximate surface area is 141 Å². The lowest BCUT2D eigenvalue weighted by Gasteiger charge is -2.38. The molecule has 1 heterocycles. The van der Waals surface area contributed by atoms with Crippen molar-refractivity contribution in [3.05, 3.63) is 48.0 Å². The van der Waals surface area contributed by atoms with E-state index in [1.165, 1.54) is 0 Å². The molecule has 1 aromatic rings. The molecule has 24 heavy (non-hydrogen) atoms. The summed E-state index contributed by atoms with van der Waals surface area (Å²) in [5.74, 6) is -0.304. The molecule has 0 radical (unpaired) electrons. The lowest BCUT2D eigenvalue weighted by Crippen LogP contribution is -2.54. The maximum absolute atomic E-state index is 12.7. The molecule has 1 saturated heterocycles. The van der Waals surface area contributed by atoms with Crippen molar-refractivity contribution in [1.82, 2.24) is 10.2 Å². The maximum Gasteiger partial charge on any atom is 0.252 e. The molecule has 4 atom stereocenters. The number of benzene rings is 1. The Bertz CT molecular complexity index is 631. The van der Waals surface area contributed by atoms with Crippen LogP contribution in [0, 0.1) is 5.92 Å². The normalized spacial score (nSPS) is 29.8. The average Bonchev–Trinajstić information content (AvgIpc) is 3.05. The van der Waals surface area contributed by atoms with E-state index in [1.54, 1.807) is 11.9 Å². The molecular weight excluding hydrogens is 308 g/mol. The number of ether oxygens (including phenoxy) is 1. The smallest absolute Gasteiger partial charge is 0.252 e. The van der Waals surface area contributed by atoms with Crippen molar-refractivity contribution < 1.29 is 19.4 Å². The second-order valence-corrected chi connectivity index (χ2v) is 6.27. The van der Waals surface area contributed by atoms with E-state index in [9.17, 15) is 14.7 Å². The number of hydrogen-bond donors (Lipinski definition) is 2. The summed E-state index contributed by atoms with van der Waals surface area (Å²) in [5, 5.41) is 12.1. The predicted octanol–water partition coefficient (Wildman–Crippen LogP) is 0.638. The van der Waals surface area contributed by atoms with Gasteiger partial charge in [-0.15, -0.1) is 0 Å². The largest absolute Gasteiger partial charge is 0.396 e. The van der Waals surface area contributed by atoms with Gasteiger partial charge in [0.05, 0.1) is 6.04 Å². The number of morpholine rings is 1. The van der Waals surface area contributed by atoms with Crippen molar-refractivity contribution in [2.75, 3.05) is 20.3 Å². The van der Waals surface area contributed by atoms with Crippen LogP contribution < -0.4 is 5.32 Å². The van der Waals surface area contributed by atoms with Crippen LogP contribution in [0.15, 0.2) is 42.5 Å². The van der Waals surface area contributed by atoms with E-state index in [1.807, 2.05) is 42.5 Å². The molecule has 1 aliphatic heterocycles.